The maximum absolute atomic E-state index is 11.6. The van der Waals surface area contributed by atoms with Crippen LogP contribution in [0.5, 0.6) is 0 Å². The van der Waals surface area contributed by atoms with Gasteiger partial charge in [0.1, 0.15) is 0 Å². The highest BCUT2D eigenvalue weighted by Gasteiger charge is 2.29. The van der Waals surface area contributed by atoms with Gasteiger partial charge in [-0.25, -0.2) is 4.79 Å². The van der Waals surface area contributed by atoms with Crippen molar-refractivity contribution in [3.05, 3.63) is 29.8 Å². The molecular formula is C16H19N3O2. The highest BCUT2D eigenvalue weighted by Crippen LogP contribution is 2.30. The minimum atomic E-state index is -0.299. The van der Waals surface area contributed by atoms with Crippen molar-refractivity contribution < 1.29 is 9.59 Å². The Balaban J connectivity index is 1.87. The summed E-state index contributed by atoms with van der Waals surface area (Å²) in [6, 6.07) is 7.01. The second kappa shape index (κ2) is 6.80. The van der Waals surface area contributed by atoms with Gasteiger partial charge < -0.3 is 16.0 Å². The molecular weight excluding hydrogens is 266 g/mol. The largest absolute Gasteiger partial charge is 0.332 e. The summed E-state index contributed by atoms with van der Waals surface area (Å²) >= 11 is 0. The minimum absolute atomic E-state index is 0.0857. The van der Waals surface area contributed by atoms with Crippen molar-refractivity contribution in [2.45, 2.75) is 25.8 Å². The first-order valence-corrected chi connectivity index (χ1v) is 6.99. The van der Waals surface area contributed by atoms with E-state index in [0.29, 0.717) is 0 Å². The quantitative estimate of drug-likeness (QED) is 0.724. The fourth-order valence-electron chi connectivity index (χ4n) is 1.91. The summed E-state index contributed by atoms with van der Waals surface area (Å²) < 4.78 is 0. The first kappa shape index (κ1) is 14.9. The molecule has 2 rings (SSSR count). The number of nitrogens with one attached hydrogen (secondary N) is 3. The lowest BCUT2D eigenvalue weighted by molar-refractivity contribution is -0.117. The molecule has 1 aliphatic rings. The lowest BCUT2D eigenvalue weighted by Gasteiger charge is -2.15. The van der Waals surface area contributed by atoms with Crippen LogP contribution >= 0.6 is 0 Å². The Kier molecular flexibility index (Phi) is 4.83. The molecule has 1 saturated carbocycles. The molecule has 0 heterocycles. The van der Waals surface area contributed by atoms with E-state index in [0.717, 1.165) is 24.1 Å². The van der Waals surface area contributed by atoms with Gasteiger partial charge in [0.2, 0.25) is 5.91 Å². The maximum atomic E-state index is 11.6. The minimum Gasteiger partial charge on any atom is -0.332 e. The van der Waals surface area contributed by atoms with Crippen molar-refractivity contribution in [1.29, 1.82) is 0 Å². The van der Waals surface area contributed by atoms with Crippen LogP contribution in [0.4, 0.5) is 10.5 Å². The molecule has 21 heavy (non-hydrogen) atoms. The Morgan fingerprint density at radius 1 is 1.33 bits per heavy atom. The molecule has 0 aromatic heterocycles. The van der Waals surface area contributed by atoms with Crippen LogP contribution in [-0.2, 0) is 4.79 Å². The summed E-state index contributed by atoms with van der Waals surface area (Å²) in [4.78, 5) is 23.2. The summed E-state index contributed by atoms with van der Waals surface area (Å²) in [5.41, 5.74) is 1.73. The van der Waals surface area contributed by atoms with Crippen molar-refractivity contribution >= 4 is 17.6 Å². The van der Waals surface area contributed by atoms with Crippen LogP contribution in [0.1, 0.15) is 31.4 Å². The van der Waals surface area contributed by atoms with Gasteiger partial charge in [-0.05, 0) is 37.5 Å². The summed E-state index contributed by atoms with van der Waals surface area (Å²) in [6.07, 6.45) is 7.04. The van der Waals surface area contributed by atoms with Gasteiger partial charge in [0, 0.05) is 11.6 Å². The Hall–Kier alpha value is -2.48. The van der Waals surface area contributed by atoms with E-state index in [-0.39, 0.29) is 30.4 Å². The Morgan fingerprint density at radius 2 is 2.00 bits per heavy atom. The first-order valence-electron chi connectivity index (χ1n) is 6.99. The molecule has 5 nitrogen and oxygen atoms in total. The van der Waals surface area contributed by atoms with Crippen LogP contribution in [0.25, 0.3) is 0 Å². The molecule has 3 amide bonds. The van der Waals surface area contributed by atoms with Gasteiger partial charge in [-0.1, -0.05) is 18.1 Å². The zero-order chi connectivity index (χ0) is 15.2. The predicted octanol–water partition coefficient (Wildman–Crippen LogP) is 2.03. The van der Waals surface area contributed by atoms with E-state index in [4.69, 9.17) is 6.42 Å². The average Bonchev–Trinajstić information content (AvgIpc) is 3.30. The molecule has 1 unspecified atom stereocenters. The molecule has 3 N–H and O–H groups in total. The van der Waals surface area contributed by atoms with Crippen molar-refractivity contribution in [2.75, 3.05) is 11.9 Å². The SMILES string of the molecule is C#CCNC(=O)NC(C)c1ccc(NC(=O)C2CC2)cc1. The first-order chi connectivity index (χ1) is 10.1. The van der Waals surface area contributed by atoms with Crippen molar-refractivity contribution in [3.8, 4) is 12.3 Å². The summed E-state index contributed by atoms with van der Waals surface area (Å²) in [5.74, 6) is 2.61. The van der Waals surface area contributed by atoms with E-state index in [1.54, 1.807) is 0 Å². The van der Waals surface area contributed by atoms with Crippen LogP contribution in [0.2, 0.25) is 0 Å². The molecule has 1 aromatic carbocycles. The number of hydrogen-bond acceptors (Lipinski definition) is 2. The third-order valence-electron chi connectivity index (χ3n) is 3.32. The number of carbonyl (C=O) groups is 2. The van der Waals surface area contributed by atoms with E-state index in [1.807, 2.05) is 31.2 Å². The van der Waals surface area contributed by atoms with E-state index in [1.165, 1.54) is 0 Å². The zero-order valence-corrected chi connectivity index (χ0v) is 12.0. The van der Waals surface area contributed by atoms with Crippen LogP contribution < -0.4 is 16.0 Å². The van der Waals surface area contributed by atoms with Gasteiger partial charge in [0.25, 0.3) is 0 Å². The molecule has 0 radical (unpaired) electrons. The van der Waals surface area contributed by atoms with Gasteiger partial charge in [-0.3, -0.25) is 4.79 Å². The number of rotatable bonds is 5. The van der Waals surface area contributed by atoms with Crippen LogP contribution in [0.15, 0.2) is 24.3 Å². The fourth-order valence-corrected chi connectivity index (χ4v) is 1.91. The number of carbonyl (C=O) groups excluding carboxylic acids is 2. The van der Waals surface area contributed by atoms with Gasteiger partial charge in [0.15, 0.2) is 0 Å². The van der Waals surface area contributed by atoms with E-state index >= 15 is 0 Å². The number of urea groups is 1. The van der Waals surface area contributed by atoms with Crippen LogP contribution in [-0.4, -0.2) is 18.5 Å². The molecule has 1 aromatic rings. The second-order valence-electron chi connectivity index (χ2n) is 5.14. The van der Waals surface area contributed by atoms with Crippen molar-refractivity contribution in [2.24, 2.45) is 5.92 Å². The maximum Gasteiger partial charge on any atom is 0.316 e. The summed E-state index contributed by atoms with van der Waals surface area (Å²) in [6.45, 7) is 2.08. The topological polar surface area (TPSA) is 70.2 Å². The monoisotopic (exact) mass is 285 g/mol. The smallest absolute Gasteiger partial charge is 0.316 e. The third kappa shape index (κ3) is 4.53. The molecule has 1 fully saturated rings. The van der Waals surface area contributed by atoms with Gasteiger partial charge in [0.05, 0.1) is 12.6 Å². The van der Waals surface area contributed by atoms with Crippen molar-refractivity contribution in [3.63, 3.8) is 0 Å². The van der Waals surface area contributed by atoms with Crippen LogP contribution in [0, 0.1) is 18.3 Å². The molecule has 0 bridgehead atoms. The lowest BCUT2D eigenvalue weighted by atomic mass is 10.1. The van der Waals surface area contributed by atoms with Gasteiger partial charge in [-0.15, -0.1) is 6.42 Å². The standard InChI is InChI=1S/C16H19N3O2/c1-3-10-17-16(21)18-11(2)12-6-8-14(9-7-12)19-15(20)13-4-5-13/h1,6-9,11,13H,4-5,10H2,2H3,(H,19,20)(H2,17,18,21). The zero-order valence-electron chi connectivity index (χ0n) is 12.0. The molecule has 0 saturated heterocycles. The molecule has 0 spiro atoms. The predicted molar refractivity (Wildman–Crippen MR) is 81.6 cm³/mol. The molecule has 1 atom stereocenters. The van der Waals surface area contributed by atoms with Gasteiger partial charge >= 0.3 is 6.03 Å². The van der Waals surface area contributed by atoms with E-state index in [9.17, 15) is 9.59 Å². The average molecular weight is 285 g/mol. The molecule has 1 aliphatic carbocycles. The number of hydrogen-bond donors (Lipinski definition) is 3. The van der Waals surface area contributed by atoms with Gasteiger partial charge in [-0.2, -0.15) is 0 Å². The third-order valence-corrected chi connectivity index (χ3v) is 3.32. The molecule has 0 aliphatic heterocycles. The number of anilines is 1. The Morgan fingerprint density at radius 3 is 2.57 bits per heavy atom. The highest BCUT2D eigenvalue weighted by molar-refractivity contribution is 5.94. The fraction of sp³-hybridized carbons (Fsp3) is 0.375. The molecule has 5 heteroatoms. The normalized spacial score (nSPS) is 14.7. The summed E-state index contributed by atoms with van der Waals surface area (Å²) in [7, 11) is 0. The Labute approximate surface area is 124 Å². The summed E-state index contributed by atoms with van der Waals surface area (Å²) in [5, 5.41) is 8.21. The number of terminal acetylenes is 1. The molecule has 110 valence electrons. The highest BCUT2D eigenvalue weighted by atomic mass is 16.2. The second-order valence-corrected chi connectivity index (χ2v) is 5.14. The van der Waals surface area contributed by atoms with E-state index < -0.39 is 0 Å². The van der Waals surface area contributed by atoms with Crippen molar-refractivity contribution in [1.82, 2.24) is 10.6 Å². The van der Waals surface area contributed by atoms with E-state index in [2.05, 4.69) is 21.9 Å². The lowest BCUT2D eigenvalue weighted by Crippen LogP contribution is -2.37. The number of benzene rings is 1. The number of amides is 3. The van der Waals surface area contributed by atoms with Crippen LogP contribution in [0.3, 0.4) is 0 Å². The Bertz CT molecular complexity index is 556.